The van der Waals surface area contributed by atoms with Gasteiger partial charge >= 0.3 is 0 Å². The standard InChI is InChI=1S/C11H21N3/c1-5-12-7-11-13-9(4)10(14-11)6-8(2)3/h8,12H,5-7H2,1-4H3,(H,13,14). The number of aryl methyl sites for hydroxylation is 1. The average Bonchev–Trinajstić information content (AvgIpc) is 2.43. The molecule has 1 rings (SSSR count). The van der Waals surface area contributed by atoms with Crippen LogP contribution < -0.4 is 5.32 Å². The maximum Gasteiger partial charge on any atom is 0.120 e. The molecule has 0 unspecified atom stereocenters. The zero-order valence-corrected chi connectivity index (χ0v) is 9.65. The quantitative estimate of drug-likeness (QED) is 0.754. The Balaban J connectivity index is 2.62. The Morgan fingerprint density at radius 3 is 2.71 bits per heavy atom. The Morgan fingerprint density at radius 1 is 1.43 bits per heavy atom. The van der Waals surface area contributed by atoms with Crippen molar-refractivity contribution in [2.45, 2.75) is 40.7 Å². The summed E-state index contributed by atoms with van der Waals surface area (Å²) in [6.45, 7) is 10.5. The van der Waals surface area contributed by atoms with Gasteiger partial charge < -0.3 is 10.3 Å². The third-order valence-electron chi connectivity index (χ3n) is 2.18. The van der Waals surface area contributed by atoms with Gasteiger partial charge in [0.2, 0.25) is 0 Å². The Morgan fingerprint density at radius 2 is 2.14 bits per heavy atom. The number of H-pyrrole nitrogens is 1. The molecule has 0 saturated heterocycles. The zero-order valence-electron chi connectivity index (χ0n) is 9.65. The van der Waals surface area contributed by atoms with Crippen molar-refractivity contribution in [3.8, 4) is 0 Å². The summed E-state index contributed by atoms with van der Waals surface area (Å²) in [6, 6.07) is 0. The lowest BCUT2D eigenvalue weighted by Crippen LogP contribution is -2.12. The van der Waals surface area contributed by atoms with Crippen LogP contribution in [0.3, 0.4) is 0 Å². The molecule has 3 nitrogen and oxygen atoms in total. The van der Waals surface area contributed by atoms with Crippen LogP contribution in [0, 0.1) is 12.8 Å². The summed E-state index contributed by atoms with van der Waals surface area (Å²) in [5.74, 6) is 1.73. The first-order valence-electron chi connectivity index (χ1n) is 5.38. The number of nitrogens with one attached hydrogen (secondary N) is 2. The van der Waals surface area contributed by atoms with Gasteiger partial charge in [-0.15, -0.1) is 0 Å². The van der Waals surface area contributed by atoms with Crippen LogP contribution in [0.4, 0.5) is 0 Å². The van der Waals surface area contributed by atoms with Crippen LogP contribution in [-0.2, 0) is 13.0 Å². The van der Waals surface area contributed by atoms with E-state index in [-0.39, 0.29) is 0 Å². The van der Waals surface area contributed by atoms with Crippen molar-refractivity contribution in [3.63, 3.8) is 0 Å². The lowest BCUT2D eigenvalue weighted by molar-refractivity contribution is 0.631. The van der Waals surface area contributed by atoms with Gasteiger partial charge in [-0.05, 0) is 25.8 Å². The average molecular weight is 195 g/mol. The van der Waals surface area contributed by atoms with Crippen LogP contribution in [0.15, 0.2) is 0 Å². The molecule has 1 heterocycles. The van der Waals surface area contributed by atoms with E-state index >= 15 is 0 Å². The van der Waals surface area contributed by atoms with Crippen molar-refractivity contribution in [2.24, 2.45) is 5.92 Å². The molecule has 0 bridgehead atoms. The summed E-state index contributed by atoms with van der Waals surface area (Å²) in [5, 5.41) is 3.26. The van der Waals surface area contributed by atoms with E-state index in [9.17, 15) is 0 Å². The van der Waals surface area contributed by atoms with E-state index < -0.39 is 0 Å². The molecule has 1 aromatic rings. The van der Waals surface area contributed by atoms with E-state index in [0.29, 0.717) is 5.92 Å². The molecule has 0 aliphatic heterocycles. The van der Waals surface area contributed by atoms with Crippen LogP contribution >= 0.6 is 0 Å². The smallest absolute Gasteiger partial charge is 0.120 e. The van der Waals surface area contributed by atoms with E-state index in [2.05, 4.69) is 43.0 Å². The Kier molecular flexibility index (Phi) is 4.14. The van der Waals surface area contributed by atoms with Crippen molar-refractivity contribution in [1.29, 1.82) is 0 Å². The molecule has 0 aromatic carbocycles. The number of nitrogens with zero attached hydrogens (tertiary/aromatic N) is 1. The van der Waals surface area contributed by atoms with Crippen LogP contribution in [0.25, 0.3) is 0 Å². The first kappa shape index (κ1) is 11.2. The molecule has 0 saturated carbocycles. The summed E-state index contributed by atoms with van der Waals surface area (Å²) in [7, 11) is 0. The third-order valence-corrected chi connectivity index (χ3v) is 2.18. The largest absolute Gasteiger partial charge is 0.345 e. The van der Waals surface area contributed by atoms with Crippen molar-refractivity contribution in [3.05, 3.63) is 17.2 Å². The van der Waals surface area contributed by atoms with Crippen LogP contribution in [0.5, 0.6) is 0 Å². The normalized spacial score (nSPS) is 11.2. The van der Waals surface area contributed by atoms with Gasteiger partial charge in [0.25, 0.3) is 0 Å². The second kappa shape index (κ2) is 5.15. The molecule has 0 atom stereocenters. The lowest BCUT2D eigenvalue weighted by atomic mass is 10.1. The number of hydrogen-bond acceptors (Lipinski definition) is 2. The molecule has 0 aliphatic rings. The monoisotopic (exact) mass is 195 g/mol. The molecule has 3 heteroatoms. The van der Waals surface area contributed by atoms with Crippen molar-refractivity contribution >= 4 is 0 Å². The van der Waals surface area contributed by atoms with Gasteiger partial charge in [0, 0.05) is 5.69 Å². The number of rotatable bonds is 5. The second-order valence-corrected chi connectivity index (χ2v) is 4.13. The van der Waals surface area contributed by atoms with E-state index in [1.807, 2.05) is 0 Å². The van der Waals surface area contributed by atoms with Gasteiger partial charge in [0.1, 0.15) is 5.82 Å². The van der Waals surface area contributed by atoms with Gasteiger partial charge in [0.15, 0.2) is 0 Å². The van der Waals surface area contributed by atoms with Crippen molar-refractivity contribution in [2.75, 3.05) is 6.54 Å². The van der Waals surface area contributed by atoms with Crippen molar-refractivity contribution in [1.82, 2.24) is 15.3 Å². The zero-order chi connectivity index (χ0) is 10.6. The topological polar surface area (TPSA) is 40.7 Å². The predicted octanol–water partition coefficient (Wildman–Crippen LogP) is 2.03. The third kappa shape index (κ3) is 3.14. The Hall–Kier alpha value is -0.830. The second-order valence-electron chi connectivity index (χ2n) is 4.13. The number of aromatic nitrogens is 2. The summed E-state index contributed by atoms with van der Waals surface area (Å²) >= 11 is 0. The summed E-state index contributed by atoms with van der Waals surface area (Å²) in [5.41, 5.74) is 2.43. The molecule has 0 radical (unpaired) electrons. The van der Waals surface area contributed by atoms with E-state index in [4.69, 9.17) is 0 Å². The molecule has 1 aromatic heterocycles. The highest BCUT2D eigenvalue weighted by atomic mass is 15.0. The minimum atomic E-state index is 0.670. The minimum Gasteiger partial charge on any atom is -0.345 e. The highest BCUT2D eigenvalue weighted by Gasteiger charge is 2.07. The summed E-state index contributed by atoms with van der Waals surface area (Å²) in [6.07, 6.45) is 1.06. The predicted molar refractivity (Wildman–Crippen MR) is 59.2 cm³/mol. The number of hydrogen-bond donors (Lipinski definition) is 2. The maximum absolute atomic E-state index is 4.57. The lowest BCUT2D eigenvalue weighted by Gasteiger charge is -2.00. The van der Waals surface area contributed by atoms with Crippen LogP contribution in [0.1, 0.15) is 38.0 Å². The molecule has 14 heavy (non-hydrogen) atoms. The summed E-state index contributed by atoms with van der Waals surface area (Å²) in [4.78, 5) is 7.88. The first-order chi connectivity index (χ1) is 6.63. The van der Waals surface area contributed by atoms with E-state index in [0.717, 1.165) is 25.3 Å². The Labute approximate surface area is 86.3 Å². The molecular formula is C11H21N3. The highest BCUT2D eigenvalue weighted by molar-refractivity contribution is 5.13. The van der Waals surface area contributed by atoms with Crippen LogP contribution in [-0.4, -0.2) is 16.5 Å². The molecule has 0 spiro atoms. The molecule has 0 aliphatic carbocycles. The van der Waals surface area contributed by atoms with Gasteiger partial charge in [0.05, 0.1) is 12.2 Å². The summed E-state index contributed by atoms with van der Waals surface area (Å²) < 4.78 is 0. The van der Waals surface area contributed by atoms with Crippen molar-refractivity contribution < 1.29 is 0 Å². The van der Waals surface area contributed by atoms with E-state index in [1.54, 1.807) is 0 Å². The fourth-order valence-electron chi connectivity index (χ4n) is 1.48. The van der Waals surface area contributed by atoms with Gasteiger partial charge in [-0.3, -0.25) is 0 Å². The highest BCUT2D eigenvalue weighted by Crippen LogP contribution is 2.10. The fraction of sp³-hybridized carbons (Fsp3) is 0.727. The maximum atomic E-state index is 4.57. The molecule has 2 N–H and O–H groups in total. The van der Waals surface area contributed by atoms with Gasteiger partial charge in [-0.25, -0.2) is 4.98 Å². The molecule has 0 fully saturated rings. The molecule has 0 amide bonds. The molecule has 80 valence electrons. The SMILES string of the molecule is CCNCc1nc(CC(C)C)c(C)[nH]1. The number of aromatic amines is 1. The first-order valence-corrected chi connectivity index (χ1v) is 5.38. The fourth-order valence-corrected chi connectivity index (χ4v) is 1.48. The van der Waals surface area contributed by atoms with E-state index in [1.165, 1.54) is 11.4 Å². The molecular weight excluding hydrogens is 174 g/mol. The Bertz CT molecular complexity index is 276. The minimum absolute atomic E-state index is 0.670. The number of imidazole rings is 1. The van der Waals surface area contributed by atoms with Crippen LogP contribution in [0.2, 0.25) is 0 Å². The van der Waals surface area contributed by atoms with Gasteiger partial charge in [-0.2, -0.15) is 0 Å². The van der Waals surface area contributed by atoms with Gasteiger partial charge in [-0.1, -0.05) is 20.8 Å².